The predicted molar refractivity (Wildman–Crippen MR) is 111 cm³/mol. The van der Waals surface area contributed by atoms with Gasteiger partial charge in [0.25, 0.3) is 11.8 Å². The standard InChI is InChI=1S/C22H28N4O3/c1-23-20(27)16-25-11-13-26(14-12-25)21(17-7-4-3-5-8-17)22(28)24-18-9-6-10-19(15-18)29-2/h3-10,15,21H,11-14,16H2,1-2H3,(H,23,27)(H,24,28)/p+2/t21-/m1/s1. The van der Waals surface area contributed by atoms with Crippen LogP contribution in [0.4, 0.5) is 5.69 Å². The average molecular weight is 399 g/mol. The third-order valence-corrected chi connectivity index (χ3v) is 5.43. The Morgan fingerprint density at radius 3 is 2.41 bits per heavy atom. The molecule has 7 heteroatoms. The van der Waals surface area contributed by atoms with E-state index in [0.717, 1.165) is 37.4 Å². The van der Waals surface area contributed by atoms with Crippen LogP contribution in [0.2, 0.25) is 0 Å². The molecular weight excluding hydrogens is 368 g/mol. The van der Waals surface area contributed by atoms with E-state index in [1.54, 1.807) is 14.2 Å². The second kappa shape index (κ2) is 10.0. The first-order valence-corrected chi connectivity index (χ1v) is 9.99. The van der Waals surface area contributed by atoms with Crippen molar-refractivity contribution in [3.63, 3.8) is 0 Å². The molecular formula is C22H30N4O3+2. The number of ether oxygens (including phenoxy) is 1. The smallest absolute Gasteiger partial charge is 0.287 e. The van der Waals surface area contributed by atoms with Gasteiger partial charge < -0.3 is 25.2 Å². The topological polar surface area (TPSA) is 76.3 Å². The van der Waals surface area contributed by atoms with Gasteiger partial charge in [-0.25, -0.2) is 0 Å². The van der Waals surface area contributed by atoms with Crippen molar-refractivity contribution in [2.75, 3.05) is 52.2 Å². The maximum Gasteiger partial charge on any atom is 0.287 e. The summed E-state index contributed by atoms with van der Waals surface area (Å²) in [5.74, 6) is 0.728. The second-order valence-electron chi connectivity index (χ2n) is 7.32. The molecule has 0 aliphatic carbocycles. The number of amides is 2. The van der Waals surface area contributed by atoms with E-state index < -0.39 is 0 Å². The summed E-state index contributed by atoms with van der Waals surface area (Å²) in [7, 11) is 3.27. The van der Waals surface area contributed by atoms with E-state index in [1.807, 2.05) is 54.6 Å². The summed E-state index contributed by atoms with van der Waals surface area (Å²) >= 11 is 0. The fraction of sp³-hybridized carbons (Fsp3) is 0.364. The van der Waals surface area contributed by atoms with Crippen LogP contribution in [0.1, 0.15) is 11.6 Å². The van der Waals surface area contributed by atoms with Gasteiger partial charge in [0.1, 0.15) is 31.9 Å². The normalized spacial score (nSPS) is 19.8. The summed E-state index contributed by atoms with van der Waals surface area (Å²) in [5.41, 5.74) is 1.72. The molecule has 2 aromatic carbocycles. The minimum Gasteiger partial charge on any atom is -0.497 e. The van der Waals surface area contributed by atoms with Crippen LogP contribution in [-0.4, -0.2) is 58.7 Å². The van der Waals surface area contributed by atoms with Gasteiger partial charge in [-0.1, -0.05) is 36.4 Å². The Hall–Kier alpha value is -2.90. The highest BCUT2D eigenvalue weighted by Crippen LogP contribution is 2.19. The van der Waals surface area contributed by atoms with E-state index in [-0.39, 0.29) is 17.9 Å². The van der Waals surface area contributed by atoms with Crippen molar-refractivity contribution in [1.82, 2.24) is 5.32 Å². The van der Waals surface area contributed by atoms with Crippen molar-refractivity contribution in [3.05, 3.63) is 60.2 Å². The number of carbonyl (C=O) groups is 2. The van der Waals surface area contributed by atoms with Gasteiger partial charge in [0.05, 0.1) is 7.11 Å². The molecule has 1 aliphatic rings. The van der Waals surface area contributed by atoms with E-state index in [9.17, 15) is 9.59 Å². The van der Waals surface area contributed by atoms with Gasteiger partial charge in [-0.15, -0.1) is 0 Å². The number of benzene rings is 2. The molecule has 4 N–H and O–H groups in total. The molecule has 1 heterocycles. The van der Waals surface area contributed by atoms with Gasteiger partial charge in [0.15, 0.2) is 12.6 Å². The summed E-state index contributed by atoms with van der Waals surface area (Å²) in [6.45, 7) is 3.86. The number of nitrogens with one attached hydrogen (secondary N) is 4. The molecule has 1 fully saturated rings. The summed E-state index contributed by atoms with van der Waals surface area (Å²) in [6, 6.07) is 17.0. The summed E-state index contributed by atoms with van der Waals surface area (Å²) in [6.07, 6.45) is 0. The number of quaternary nitrogens is 2. The quantitative estimate of drug-likeness (QED) is 0.479. The van der Waals surface area contributed by atoms with Gasteiger partial charge in [-0.05, 0) is 12.1 Å². The number of rotatable bonds is 7. The van der Waals surface area contributed by atoms with E-state index in [2.05, 4.69) is 10.6 Å². The molecule has 1 saturated heterocycles. The van der Waals surface area contributed by atoms with Crippen LogP contribution < -0.4 is 25.2 Å². The van der Waals surface area contributed by atoms with Crippen LogP contribution in [-0.2, 0) is 9.59 Å². The minimum absolute atomic E-state index is 0.0331. The zero-order valence-corrected chi connectivity index (χ0v) is 17.0. The SMILES string of the molecule is CNC(=O)C[NH+]1CC[NH+]([C@@H](C(=O)Nc2cccc(OC)c2)c2ccccc2)CC1. The van der Waals surface area contributed by atoms with Crippen molar-refractivity contribution in [2.45, 2.75) is 6.04 Å². The molecule has 0 bridgehead atoms. The zero-order valence-electron chi connectivity index (χ0n) is 17.0. The molecule has 0 unspecified atom stereocenters. The number of likely N-dealkylation sites (N-methyl/N-ethyl adjacent to an activating group) is 1. The number of hydrogen-bond acceptors (Lipinski definition) is 3. The molecule has 0 spiro atoms. The highest BCUT2D eigenvalue weighted by molar-refractivity contribution is 5.94. The largest absolute Gasteiger partial charge is 0.497 e. The highest BCUT2D eigenvalue weighted by atomic mass is 16.5. The van der Waals surface area contributed by atoms with Crippen LogP contribution in [0.25, 0.3) is 0 Å². The van der Waals surface area contributed by atoms with Gasteiger partial charge in [0.2, 0.25) is 0 Å². The monoisotopic (exact) mass is 398 g/mol. The molecule has 0 saturated carbocycles. The van der Waals surface area contributed by atoms with Gasteiger partial charge in [0, 0.05) is 24.4 Å². The number of hydrogen-bond donors (Lipinski definition) is 4. The number of anilines is 1. The molecule has 3 rings (SSSR count). The third kappa shape index (κ3) is 5.56. The fourth-order valence-electron chi connectivity index (χ4n) is 3.84. The van der Waals surface area contributed by atoms with Crippen molar-refractivity contribution in [1.29, 1.82) is 0 Å². The molecule has 29 heavy (non-hydrogen) atoms. The van der Waals surface area contributed by atoms with Crippen LogP contribution >= 0.6 is 0 Å². The van der Waals surface area contributed by atoms with Crippen LogP contribution in [0, 0.1) is 0 Å². The first-order valence-electron chi connectivity index (χ1n) is 9.99. The second-order valence-corrected chi connectivity index (χ2v) is 7.32. The van der Waals surface area contributed by atoms with E-state index in [4.69, 9.17) is 4.74 Å². The van der Waals surface area contributed by atoms with Gasteiger partial charge >= 0.3 is 0 Å². The lowest BCUT2D eigenvalue weighted by atomic mass is 10.0. The maximum atomic E-state index is 13.3. The molecule has 2 amide bonds. The fourth-order valence-corrected chi connectivity index (χ4v) is 3.84. The van der Waals surface area contributed by atoms with Crippen LogP contribution in [0.15, 0.2) is 54.6 Å². The Bertz CT molecular complexity index is 820. The molecule has 154 valence electrons. The average Bonchev–Trinajstić information content (AvgIpc) is 2.76. The first-order chi connectivity index (χ1) is 14.1. The molecule has 1 aliphatic heterocycles. The Kier molecular flexibility index (Phi) is 7.21. The van der Waals surface area contributed by atoms with Crippen molar-refractivity contribution < 1.29 is 24.1 Å². The van der Waals surface area contributed by atoms with Crippen LogP contribution in [0.3, 0.4) is 0 Å². The lowest BCUT2D eigenvalue weighted by molar-refractivity contribution is -1.02. The van der Waals surface area contributed by atoms with E-state index >= 15 is 0 Å². The van der Waals surface area contributed by atoms with Gasteiger partial charge in [-0.2, -0.15) is 0 Å². The lowest BCUT2D eigenvalue weighted by Gasteiger charge is -2.33. The van der Waals surface area contributed by atoms with E-state index in [1.165, 1.54) is 9.80 Å². The predicted octanol–water partition coefficient (Wildman–Crippen LogP) is -1.10. The van der Waals surface area contributed by atoms with Crippen molar-refractivity contribution in [3.8, 4) is 5.75 Å². The molecule has 1 atom stereocenters. The summed E-state index contributed by atoms with van der Waals surface area (Å²) in [5, 5.41) is 5.74. The highest BCUT2D eigenvalue weighted by Gasteiger charge is 2.36. The molecule has 7 nitrogen and oxygen atoms in total. The summed E-state index contributed by atoms with van der Waals surface area (Å²) in [4.78, 5) is 27.4. The molecule has 0 aromatic heterocycles. The third-order valence-electron chi connectivity index (χ3n) is 5.43. The summed E-state index contributed by atoms with van der Waals surface area (Å²) < 4.78 is 5.26. The first kappa shape index (κ1) is 20.8. The Morgan fingerprint density at radius 1 is 1.03 bits per heavy atom. The Morgan fingerprint density at radius 2 is 1.76 bits per heavy atom. The minimum atomic E-state index is -0.302. The van der Waals surface area contributed by atoms with E-state index in [0.29, 0.717) is 12.3 Å². The van der Waals surface area contributed by atoms with Crippen LogP contribution in [0.5, 0.6) is 5.75 Å². The molecule has 0 radical (unpaired) electrons. The van der Waals surface area contributed by atoms with Crippen molar-refractivity contribution in [2.24, 2.45) is 0 Å². The number of methoxy groups -OCH3 is 1. The number of carbonyl (C=O) groups excluding carboxylic acids is 2. The number of piperazine rings is 1. The molecule has 2 aromatic rings. The zero-order chi connectivity index (χ0) is 20.6. The maximum absolute atomic E-state index is 13.3. The van der Waals surface area contributed by atoms with Crippen molar-refractivity contribution >= 4 is 17.5 Å². The Balaban J connectivity index is 1.73. The lowest BCUT2D eigenvalue weighted by Crippen LogP contribution is -3.28. The Labute approximate surface area is 171 Å². The van der Waals surface area contributed by atoms with Gasteiger partial charge in [-0.3, -0.25) is 9.59 Å².